The Labute approximate surface area is 63.5 Å². The molecule has 0 heterocycles. The predicted octanol–water partition coefficient (Wildman–Crippen LogP) is 1.93. The van der Waals surface area contributed by atoms with Crippen molar-refractivity contribution in [1.82, 2.24) is 0 Å². The molecule has 1 atom stereocenters. The van der Waals surface area contributed by atoms with E-state index in [4.69, 9.17) is 6.42 Å². The lowest BCUT2D eigenvalue weighted by atomic mass is 10.4. The lowest BCUT2D eigenvalue weighted by molar-refractivity contribution is -0.146. The maximum Gasteiger partial charge on any atom is 0.391 e. The first-order valence-electron chi connectivity index (χ1n) is 3.06. The summed E-state index contributed by atoms with van der Waals surface area (Å²) in [5.74, 6) is 1.91. The Bertz CT molecular complexity index is 145. The van der Waals surface area contributed by atoms with Crippen LogP contribution < -0.4 is 0 Å². The zero-order chi connectivity index (χ0) is 8.91. The van der Waals surface area contributed by atoms with E-state index in [0.29, 0.717) is 0 Å². The third-order valence-corrected chi connectivity index (χ3v) is 0.957. The van der Waals surface area contributed by atoms with Crippen molar-refractivity contribution < 1.29 is 17.9 Å². The summed E-state index contributed by atoms with van der Waals surface area (Å²) in [7, 11) is 0. The molecular formula is C7H8F3O. The van der Waals surface area contributed by atoms with Crippen LogP contribution in [0.15, 0.2) is 0 Å². The van der Waals surface area contributed by atoms with Gasteiger partial charge in [0.05, 0.1) is 13.0 Å². The van der Waals surface area contributed by atoms with Crippen molar-refractivity contribution in [2.45, 2.75) is 25.6 Å². The molecule has 0 aliphatic rings. The molecule has 0 rings (SSSR count). The van der Waals surface area contributed by atoms with Gasteiger partial charge in [-0.25, -0.2) is 0 Å². The van der Waals surface area contributed by atoms with Gasteiger partial charge in [0, 0.05) is 0 Å². The third-order valence-electron chi connectivity index (χ3n) is 0.957. The second kappa shape index (κ2) is 4.24. The monoisotopic (exact) mass is 165 g/mol. The molecule has 1 unspecified atom stereocenters. The second-order valence-electron chi connectivity index (χ2n) is 2.02. The highest BCUT2D eigenvalue weighted by Crippen LogP contribution is 2.19. The van der Waals surface area contributed by atoms with Crippen molar-refractivity contribution in [3.63, 3.8) is 0 Å². The van der Waals surface area contributed by atoms with Crippen LogP contribution in [-0.2, 0) is 4.74 Å². The molecule has 63 valence electrons. The quantitative estimate of drug-likeness (QED) is 0.580. The van der Waals surface area contributed by atoms with Crippen LogP contribution in [0.2, 0.25) is 0 Å². The minimum atomic E-state index is -4.18. The van der Waals surface area contributed by atoms with E-state index in [0.717, 1.165) is 0 Å². The average Bonchev–Trinajstić information content (AvgIpc) is 1.85. The average molecular weight is 165 g/mol. The molecule has 0 bridgehead atoms. The first-order valence-corrected chi connectivity index (χ1v) is 3.06. The number of hydrogen-bond donors (Lipinski definition) is 0. The lowest BCUT2D eigenvalue weighted by Gasteiger charge is -2.08. The molecule has 0 aromatic carbocycles. The number of alkyl halides is 3. The summed E-state index contributed by atoms with van der Waals surface area (Å²) in [5, 5.41) is 0. The van der Waals surface area contributed by atoms with Gasteiger partial charge in [-0.3, -0.25) is 0 Å². The van der Waals surface area contributed by atoms with Gasteiger partial charge in [-0.05, 0) is 13.3 Å². The Morgan fingerprint density at radius 2 is 2.09 bits per heavy atom. The highest BCUT2D eigenvalue weighted by atomic mass is 19.4. The number of halogens is 3. The largest absolute Gasteiger partial charge is 0.391 e. The Hall–Kier alpha value is -0.690. The van der Waals surface area contributed by atoms with Crippen LogP contribution in [0.5, 0.6) is 0 Å². The van der Waals surface area contributed by atoms with Crippen molar-refractivity contribution in [2.24, 2.45) is 0 Å². The van der Waals surface area contributed by atoms with Crippen molar-refractivity contribution in [1.29, 1.82) is 0 Å². The van der Waals surface area contributed by atoms with Crippen molar-refractivity contribution in [3.05, 3.63) is 6.42 Å². The van der Waals surface area contributed by atoms with Gasteiger partial charge < -0.3 is 4.74 Å². The molecule has 0 aromatic heterocycles. The fourth-order valence-corrected chi connectivity index (χ4v) is 0.393. The van der Waals surface area contributed by atoms with Crippen molar-refractivity contribution >= 4 is 0 Å². The number of hydrogen-bond acceptors (Lipinski definition) is 1. The highest BCUT2D eigenvalue weighted by Gasteiger charge is 2.26. The highest BCUT2D eigenvalue weighted by molar-refractivity contribution is 4.84. The first-order chi connectivity index (χ1) is 4.95. The summed E-state index contributed by atoms with van der Waals surface area (Å²) < 4.78 is 38.9. The molecule has 0 amide bonds. The SMILES string of the molecule is [C]#CC(C)OCCC(F)(F)F. The third kappa shape index (κ3) is 7.20. The summed E-state index contributed by atoms with van der Waals surface area (Å²) in [5.41, 5.74) is 0. The molecule has 1 nitrogen and oxygen atoms in total. The van der Waals surface area contributed by atoms with Gasteiger partial charge in [-0.2, -0.15) is 13.2 Å². The Morgan fingerprint density at radius 3 is 2.45 bits per heavy atom. The topological polar surface area (TPSA) is 9.23 Å². The molecule has 0 N–H and O–H groups in total. The van der Waals surface area contributed by atoms with E-state index in [1.54, 1.807) is 0 Å². The summed E-state index contributed by atoms with van der Waals surface area (Å²) in [6.07, 6.45) is 0.680. The molecule has 0 spiro atoms. The van der Waals surface area contributed by atoms with Crippen LogP contribution in [0.4, 0.5) is 13.2 Å². The zero-order valence-electron chi connectivity index (χ0n) is 6.03. The van der Waals surface area contributed by atoms with Crippen LogP contribution in [0.25, 0.3) is 0 Å². The predicted molar refractivity (Wildman–Crippen MR) is 33.2 cm³/mol. The molecule has 1 radical (unpaired) electrons. The van der Waals surface area contributed by atoms with Gasteiger partial charge >= 0.3 is 6.18 Å². The van der Waals surface area contributed by atoms with Crippen LogP contribution in [0.1, 0.15) is 13.3 Å². The molecule has 0 fully saturated rings. The van der Waals surface area contributed by atoms with Crippen molar-refractivity contribution in [2.75, 3.05) is 6.61 Å². The van der Waals surface area contributed by atoms with E-state index in [2.05, 4.69) is 4.74 Å². The smallest absolute Gasteiger partial charge is 0.365 e. The van der Waals surface area contributed by atoms with Gasteiger partial charge in [0.2, 0.25) is 0 Å². The molecule has 0 saturated heterocycles. The number of ether oxygens (including phenoxy) is 1. The van der Waals surface area contributed by atoms with Crippen LogP contribution in [0.3, 0.4) is 0 Å². The van der Waals surface area contributed by atoms with Gasteiger partial charge in [-0.1, -0.05) is 5.92 Å². The second-order valence-corrected chi connectivity index (χ2v) is 2.02. The van der Waals surface area contributed by atoms with Crippen LogP contribution in [0, 0.1) is 12.3 Å². The zero-order valence-corrected chi connectivity index (χ0v) is 6.03. The molecule has 0 saturated carbocycles. The Morgan fingerprint density at radius 1 is 1.55 bits per heavy atom. The van der Waals surface area contributed by atoms with Crippen molar-refractivity contribution in [3.8, 4) is 5.92 Å². The Kier molecular flexibility index (Phi) is 3.98. The van der Waals surface area contributed by atoms with E-state index in [9.17, 15) is 13.2 Å². The molecular weight excluding hydrogens is 157 g/mol. The lowest BCUT2D eigenvalue weighted by Crippen LogP contribution is -2.14. The minimum Gasteiger partial charge on any atom is -0.365 e. The fourth-order valence-electron chi connectivity index (χ4n) is 0.393. The summed E-state index contributed by atoms with van der Waals surface area (Å²) in [6.45, 7) is 1.06. The molecule has 11 heavy (non-hydrogen) atoms. The summed E-state index contributed by atoms with van der Waals surface area (Å²) in [6, 6.07) is 0. The normalized spacial score (nSPS) is 14.1. The molecule has 0 aromatic rings. The van der Waals surface area contributed by atoms with Gasteiger partial charge in [0.1, 0.15) is 6.10 Å². The first kappa shape index (κ1) is 10.3. The fraction of sp³-hybridized carbons (Fsp3) is 0.714. The van der Waals surface area contributed by atoms with E-state index >= 15 is 0 Å². The summed E-state index contributed by atoms with van der Waals surface area (Å²) >= 11 is 0. The van der Waals surface area contributed by atoms with Gasteiger partial charge in [0.25, 0.3) is 0 Å². The van der Waals surface area contributed by atoms with E-state index in [-0.39, 0.29) is 0 Å². The summed E-state index contributed by atoms with van der Waals surface area (Å²) in [4.78, 5) is 0. The maximum absolute atomic E-state index is 11.5. The minimum absolute atomic E-state index is 0.406. The van der Waals surface area contributed by atoms with Gasteiger partial charge in [-0.15, -0.1) is 0 Å². The van der Waals surface area contributed by atoms with Gasteiger partial charge in [0.15, 0.2) is 0 Å². The molecule has 0 aliphatic heterocycles. The van der Waals surface area contributed by atoms with E-state index < -0.39 is 25.3 Å². The maximum atomic E-state index is 11.5. The molecule has 0 aliphatic carbocycles. The van der Waals surface area contributed by atoms with E-state index in [1.165, 1.54) is 6.92 Å². The molecule has 4 heteroatoms. The van der Waals surface area contributed by atoms with Crippen LogP contribution in [-0.4, -0.2) is 18.9 Å². The van der Waals surface area contributed by atoms with Crippen LogP contribution >= 0.6 is 0 Å². The Balaban J connectivity index is 3.37. The standard InChI is InChI=1S/C7H8F3O/c1-3-6(2)11-5-4-7(8,9)10/h6H,4-5H2,2H3. The van der Waals surface area contributed by atoms with E-state index in [1.807, 2.05) is 5.92 Å². The number of rotatable bonds is 3.